The molecule has 7 heteroatoms. The van der Waals surface area contributed by atoms with Gasteiger partial charge < -0.3 is 9.47 Å². The summed E-state index contributed by atoms with van der Waals surface area (Å²) in [5.74, 6) is 1.16. The van der Waals surface area contributed by atoms with Crippen molar-refractivity contribution in [3.8, 4) is 11.5 Å². The third-order valence-electron chi connectivity index (χ3n) is 3.41. The Labute approximate surface area is 142 Å². The molecule has 0 unspecified atom stereocenters. The third kappa shape index (κ3) is 4.05. The van der Waals surface area contributed by atoms with Gasteiger partial charge in [0.25, 0.3) is 10.0 Å². The number of hydrazone groups is 1. The first-order chi connectivity index (χ1) is 11.5. The van der Waals surface area contributed by atoms with Gasteiger partial charge in [0, 0.05) is 5.56 Å². The lowest BCUT2D eigenvalue weighted by atomic mass is 10.1. The molecule has 1 N–H and O–H groups in total. The number of hydrogen-bond donors (Lipinski definition) is 1. The summed E-state index contributed by atoms with van der Waals surface area (Å²) < 4.78 is 35.0. The van der Waals surface area contributed by atoms with Gasteiger partial charge in [-0.05, 0) is 36.8 Å². The van der Waals surface area contributed by atoms with Crippen LogP contribution in [0.4, 0.5) is 0 Å². The highest BCUT2D eigenvalue weighted by atomic mass is 32.2. The van der Waals surface area contributed by atoms with Crippen molar-refractivity contribution in [2.24, 2.45) is 5.10 Å². The Morgan fingerprint density at radius 2 is 1.71 bits per heavy atom. The molecule has 2 rings (SSSR count). The van der Waals surface area contributed by atoms with E-state index in [1.807, 2.05) is 6.92 Å². The number of methoxy groups -OCH3 is 2. The maximum atomic E-state index is 12.2. The molecule has 0 fully saturated rings. The van der Waals surface area contributed by atoms with E-state index in [1.165, 1.54) is 12.1 Å². The first-order valence-electron chi connectivity index (χ1n) is 7.37. The highest BCUT2D eigenvalue weighted by Crippen LogP contribution is 2.28. The fourth-order valence-electron chi connectivity index (χ4n) is 2.13. The van der Waals surface area contributed by atoms with Crippen molar-refractivity contribution in [3.63, 3.8) is 0 Å². The fourth-order valence-corrected chi connectivity index (χ4v) is 2.98. The van der Waals surface area contributed by atoms with Crippen LogP contribution in [0.3, 0.4) is 0 Å². The Balaban J connectivity index is 2.30. The second kappa shape index (κ2) is 7.83. The van der Waals surface area contributed by atoms with Crippen molar-refractivity contribution in [2.75, 3.05) is 14.2 Å². The Morgan fingerprint density at radius 1 is 1.04 bits per heavy atom. The molecule has 2 aromatic carbocycles. The quantitative estimate of drug-likeness (QED) is 0.616. The molecule has 0 atom stereocenters. The Bertz CT molecular complexity index is 818. The molecule has 0 aliphatic carbocycles. The SMILES string of the molecule is CCC(=NNS(=O)(=O)c1ccccc1)c1ccc(OC)c(OC)c1. The van der Waals surface area contributed by atoms with Crippen molar-refractivity contribution in [3.05, 3.63) is 54.1 Å². The molecule has 0 aromatic heterocycles. The van der Waals surface area contributed by atoms with Gasteiger partial charge in [0.1, 0.15) is 0 Å². The van der Waals surface area contributed by atoms with E-state index in [4.69, 9.17) is 9.47 Å². The van der Waals surface area contributed by atoms with Crippen molar-refractivity contribution in [1.82, 2.24) is 4.83 Å². The molecule has 0 aliphatic heterocycles. The van der Waals surface area contributed by atoms with E-state index in [9.17, 15) is 8.42 Å². The van der Waals surface area contributed by atoms with Crippen LogP contribution in [0.1, 0.15) is 18.9 Å². The van der Waals surface area contributed by atoms with Gasteiger partial charge in [-0.15, -0.1) is 0 Å². The monoisotopic (exact) mass is 348 g/mol. The van der Waals surface area contributed by atoms with Crippen LogP contribution in [0, 0.1) is 0 Å². The molecule has 0 saturated heterocycles. The van der Waals surface area contributed by atoms with Crippen molar-refractivity contribution in [2.45, 2.75) is 18.2 Å². The predicted octanol–water partition coefficient (Wildman–Crippen LogP) is 2.80. The zero-order valence-electron chi connectivity index (χ0n) is 13.8. The molecular formula is C17H20N2O4S. The first kappa shape index (κ1) is 17.8. The Hall–Kier alpha value is -2.54. The fraction of sp³-hybridized carbons (Fsp3) is 0.235. The largest absolute Gasteiger partial charge is 0.493 e. The van der Waals surface area contributed by atoms with Crippen molar-refractivity contribution < 1.29 is 17.9 Å². The van der Waals surface area contributed by atoms with Crippen LogP contribution in [0.15, 0.2) is 58.5 Å². The van der Waals surface area contributed by atoms with E-state index in [0.717, 1.165) is 5.56 Å². The minimum atomic E-state index is -3.70. The average Bonchev–Trinajstić information content (AvgIpc) is 2.62. The zero-order chi connectivity index (χ0) is 17.6. The number of hydrogen-bond acceptors (Lipinski definition) is 5. The molecule has 24 heavy (non-hydrogen) atoms. The molecule has 2 aromatic rings. The number of ether oxygens (including phenoxy) is 2. The lowest BCUT2D eigenvalue weighted by Gasteiger charge is -2.11. The highest BCUT2D eigenvalue weighted by molar-refractivity contribution is 7.89. The van der Waals surface area contributed by atoms with E-state index in [2.05, 4.69) is 9.93 Å². The summed E-state index contributed by atoms with van der Waals surface area (Å²) in [5, 5.41) is 4.07. The number of nitrogens with one attached hydrogen (secondary N) is 1. The standard InChI is InChI=1S/C17H20N2O4S/c1-4-15(13-10-11-16(22-2)17(12-13)23-3)18-19-24(20,21)14-8-6-5-7-9-14/h5-12,19H,4H2,1-3H3. The molecule has 0 amide bonds. The third-order valence-corrected chi connectivity index (χ3v) is 4.63. The first-order valence-corrected chi connectivity index (χ1v) is 8.86. The minimum absolute atomic E-state index is 0.163. The summed E-state index contributed by atoms with van der Waals surface area (Å²) in [4.78, 5) is 2.44. The van der Waals surface area contributed by atoms with Crippen LogP contribution in [0.2, 0.25) is 0 Å². The van der Waals surface area contributed by atoms with Gasteiger partial charge >= 0.3 is 0 Å². The minimum Gasteiger partial charge on any atom is -0.493 e. The Morgan fingerprint density at radius 3 is 2.29 bits per heavy atom. The Kier molecular flexibility index (Phi) is 5.81. The van der Waals surface area contributed by atoms with E-state index >= 15 is 0 Å². The number of rotatable bonds is 7. The summed E-state index contributed by atoms with van der Waals surface area (Å²) >= 11 is 0. The average molecular weight is 348 g/mol. The van der Waals surface area contributed by atoms with E-state index in [0.29, 0.717) is 23.6 Å². The lowest BCUT2D eigenvalue weighted by Crippen LogP contribution is -2.20. The molecule has 0 bridgehead atoms. The van der Waals surface area contributed by atoms with Gasteiger partial charge in [0.15, 0.2) is 11.5 Å². The smallest absolute Gasteiger partial charge is 0.276 e. The highest BCUT2D eigenvalue weighted by Gasteiger charge is 2.13. The van der Waals surface area contributed by atoms with Gasteiger partial charge in [0.05, 0.1) is 24.8 Å². The molecular weight excluding hydrogens is 328 g/mol. The number of nitrogens with zero attached hydrogens (tertiary/aromatic N) is 1. The summed E-state index contributed by atoms with van der Waals surface area (Å²) in [6, 6.07) is 13.4. The normalized spacial score (nSPS) is 11.9. The summed E-state index contributed by atoms with van der Waals surface area (Å²) in [5.41, 5.74) is 1.35. The van der Waals surface area contributed by atoms with Crippen LogP contribution >= 0.6 is 0 Å². The van der Waals surface area contributed by atoms with Gasteiger partial charge in [-0.25, -0.2) is 0 Å². The van der Waals surface area contributed by atoms with Crippen LogP contribution in [-0.2, 0) is 10.0 Å². The van der Waals surface area contributed by atoms with Crippen LogP contribution < -0.4 is 14.3 Å². The van der Waals surface area contributed by atoms with Crippen LogP contribution in [0.25, 0.3) is 0 Å². The maximum Gasteiger partial charge on any atom is 0.276 e. The van der Waals surface area contributed by atoms with Crippen LogP contribution in [0.5, 0.6) is 11.5 Å². The second-order valence-corrected chi connectivity index (χ2v) is 6.55. The lowest BCUT2D eigenvalue weighted by molar-refractivity contribution is 0.355. The molecule has 0 aliphatic rings. The van der Waals surface area contributed by atoms with Crippen molar-refractivity contribution >= 4 is 15.7 Å². The summed E-state index contributed by atoms with van der Waals surface area (Å²) in [7, 11) is -0.595. The molecule has 0 saturated carbocycles. The molecule has 0 heterocycles. The number of benzene rings is 2. The second-order valence-electron chi connectivity index (χ2n) is 4.89. The molecule has 128 valence electrons. The van der Waals surface area contributed by atoms with Crippen molar-refractivity contribution in [1.29, 1.82) is 0 Å². The predicted molar refractivity (Wildman–Crippen MR) is 93.1 cm³/mol. The van der Waals surface area contributed by atoms with E-state index in [-0.39, 0.29) is 4.90 Å². The van der Waals surface area contributed by atoms with Gasteiger partial charge in [-0.1, -0.05) is 25.1 Å². The summed E-state index contributed by atoms with van der Waals surface area (Å²) in [6.07, 6.45) is 0.548. The van der Waals surface area contributed by atoms with E-state index in [1.54, 1.807) is 50.6 Å². The molecule has 0 radical (unpaired) electrons. The van der Waals surface area contributed by atoms with E-state index < -0.39 is 10.0 Å². The summed E-state index contributed by atoms with van der Waals surface area (Å²) in [6.45, 7) is 1.90. The zero-order valence-corrected chi connectivity index (χ0v) is 14.6. The number of sulfonamides is 1. The van der Waals surface area contributed by atoms with Gasteiger partial charge in [-0.2, -0.15) is 18.4 Å². The molecule has 0 spiro atoms. The van der Waals surface area contributed by atoms with Crippen LogP contribution in [-0.4, -0.2) is 28.3 Å². The maximum absolute atomic E-state index is 12.2. The van der Waals surface area contributed by atoms with Gasteiger partial charge in [-0.3, -0.25) is 0 Å². The topological polar surface area (TPSA) is 77.0 Å². The molecule has 6 nitrogen and oxygen atoms in total. The van der Waals surface area contributed by atoms with Gasteiger partial charge in [0.2, 0.25) is 0 Å².